The van der Waals surface area contributed by atoms with Gasteiger partial charge in [0.2, 0.25) is 15.9 Å². The van der Waals surface area contributed by atoms with Gasteiger partial charge in [0.25, 0.3) is 0 Å². The third kappa shape index (κ3) is 4.81. The van der Waals surface area contributed by atoms with Gasteiger partial charge in [-0.2, -0.15) is 5.26 Å². The van der Waals surface area contributed by atoms with Crippen molar-refractivity contribution in [2.45, 2.75) is 24.7 Å². The third-order valence-electron chi connectivity index (χ3n) is 2.59. The van der Waals surface area contributed by atoms with Crippen LogP contribution in [-0.2, 0) is 14.8 Å². The van der Waals surface area contributed by atoms with Crippen LogP contribution in [0.5, 0.6) is 0 Å². The second-order valence-corrected chi connectivity index (χ2v) is 5.96. The van der Waals surface area contributed by atoms with Crippen LogP contribution in [0.3, 0.4) is 0 Å². The lowest BCUT2D eigenvalue weighted by Crippen LogP contribution is -2.31. The Morgan fingerprint density at radius 1 is 1.38 bits per heavy atom. The number of nitriles is 1. The van der Waals surface area contributed by atoms with Gasteiger partial charge in [-0.3, -0.25) is 4.79 Å². The zero-order valence-corrected chi connectivity index (χ0v) is 12.3. The number of hydrogen-bond donors (Lipinski definition) is 2. The van der Waals surface area contributed by atoms with E-state index in [4.69, 9.17) is 5.26 Å². The van der Waals surface area contributed by atoms with Gasteiger partial charge in [-0.05, 0) is 18.6 Å². The Balaban J connectivity index is 2.73. The minimum Gasteiger partial charge on any atom is -0.356 e. The van der Waals surface area contributed by atoms with E-state index in [1.165, 1.54) is 12.1 Å². The summed E-state index contributed by atoms with van der Waals surface area (Å²) >= 11 is 0. The van der Waals surface area contributed by atoms with Crippen molar-refractivity contribution in [2.24, 2.45) is 0 Å². The fraction of sp³-hybridized carbons (Fsp3) is 0.385. The molecule has 0 heterocycles. The smallest absolute Gasteiger partial charge is 0.242 e. The monoisotopic (exact) mass is 313 g/mol. The van der Waals surface area contributed by atoms with Crippen molar-refractivity contribution in [2.75, 3.05) is 13.1 Å². The Bertz CT molecular complexity index is 653. The first-order chi connectivity index (χ1) is 9.92. The summed E-state index contributed by atoms with van der Waals surface area (Å²) in [7, 11) is -4.03. The minimum atomic E-state index is -4.03. The summed E-state index contributed by atoms with van der Waals surface area (Å²) in [6, 6.07) is 4.88. The van der Waals surface area contributed by atoms with Gasteiger partial charge in [0.15, 0.2) is 0 Å². The highest BCUT2D eigenvalue weighted by Crippen LogP contribution is 2.17. The van der Waals surface area contributed by atoms with E-state index >= 15 is 0 Å². The SMILES string of the molecule is CCCNC(=O)CCNS(=O)(=O)c1cccc(F)c1C#N. The van der Waals surface area contributed by atoms with Crippen molar-refractivity contribution < 1.29 is 17.6 Å². The number of benzene rings is 1. The average molecular weight is 313 g/mol. The molecule has 0 atom stereocenters. The van der Waals surface area contributed by atoms with Crippen molar-refractivity contribution in [1.29, 1.82) is 5.26 Å². The summed E-state index contributed by atoms with van der Waals surface area (Å²) < 4.78 is 39.6. The highest BCUT2D eigenvalue weighted by atomic mass is 32.2. The van der Waals surface area contributed by atoms with Crippen LogP contribution in [0.15, 0.2) is 23.1 Å². The molecule has 1 amide bonds. The number of nitrogens with one attached hydrogen (secondary N) is 2. The molecule has 6 nitrogen and oxygen atoms in total. The van der Waals surface area contributed by atoms with Crippen LogP contribution in [0.1, 0.15) is 25.3 Å². The molecule has 0 aliphatic carbocycles. The molecule has 1 rings (SSSR count). The van der Waals surface area contributed by atoms with E-state index in [1.807, 2.05) is 6.92 Å². The molecule has 0 saturated heterocycles. The molecule has 0 aromatic heterocycles. The molecule has 114 valence electrons. The Morgan fingerprint density at radius 2 is 2.10 bits per heavy atom. The highest BCUT2D eigenvalue weighted by Gasteiger charge is 2.20. The quantitative estimate of drug-likeness (QED) is 0.781. The van der Waals surface area contributed by atoms with Crippen LogP contribution < -0.4 is 10.0 Å². The predicted molar refractivity (Wildman–Crippen MR) is 74.2 cm³/mol. The largest absolute Gasteiger partial charge is 0.356 e. The number of amides is 1. The molecule has 1 aromatic carbocycles. The van der Waals surface area contributed by atoms with Crippen LogP contribution in [0.4, 0.5) is 4.39 Å². The summed E-state index contributed by atoms with van der Waals surface area (Å²) in [5, 5.41) is 11.4. The molecule has 1 aromatic rings. The van der Waals surface area contributed by atoms with Crippen molar-refractivity contribution in [1.82, 2.24) is 10.0 Å². The van der Waals surface area contributed by atoms with Gasteiger partial charge in [0, 0.05) is 19.5 Å². The lowest BCUT2D eigenvalue weighted by Gasteiger charge is -2.08. The normalized spacial score (nSPS) is 10.9. The maximum Gasteiger partial charge on any atom is 0.242 e. The number of sulfonamides is 1. The zero-order valence-electron chi connectivity index (χ0n) is 11.5. The van der Waals surface area contributed by atoms with E-state index in [-0.39, 0.29) is 18.9 Å². The predicted octanol–water partition coefficient (Wildman–Crippen LogP) is 0.892. The molecule has 0 aliphatic rings. The first-order valence-electron chi connectivity index (χ1n) is 6.37. The standard InChI is InChI=1S/C13H16FN3O3S/c1-2-7-16-13(18)6-8-17-21(19,20)12-5-3-4-11(14)10(12)9-15/h3-5,17H,2,6-8H2,1H3,(H,16,18). The molecular weight excluding hydrogens is 297 g/mol. The fourth-order valence-corrected chi connectivity index (χ4v) is 2.76. The molecule has 0 fully saturated rings. The van der Waals surface area contributed by atoms with E-state index in [0.717, 1.165) is 18.6 Å². The summed E-state index contributed by atoms with van der Waals surface area (Å²) in [6.07, 6.45) is 0.753. The fourth-order valence-electron chi connectivity index (χ4n) is 1.57. The molecule has 0 spiro atoms. The Labute approximate surface area is 123 Å². The number of nitrogens with zero attached hydrogens (tertiary/aromatic N) is 1. The lowest BCUT2D eigenvalue weighted by atomic mass is 10.2. The minimum absolute atomic E-state index is 0.0313. The topological polar surface area (TPSA) is 99.1 Å². The van der Waals surface area contributed by atoms with Crippen molar-refractivity contribution in [3.8, 4) is 6.07 Å². The van der Waals surface area contributed by atoms with Crippen LogP contribution in [0.2, 0.25) is 0 Å². The number of carbonyl (C=O) groups excluding carboxylic acids is 1. The van der Waals surface area contributed by atoms with Crippen molar-refractivity contribution >= 4 is 15.9 Å². The average Bonchev–Trinajstić information content (AvgIpc) is 2.44. The van der Waals surface area contributed by atoms with Crippen molar-refractivity contribution in [3.05, 3.63) is 29.6 Å². The summed E-state index contributed by atoms with van der Waals surface area (Å²) in [5.41, 5.74) is -0.541. The van der Waals surface area contributed by atoms with Crippen LogP contribution in [-0.4, -0.2) is 27.4 Å². The van der Waals surface area contributed by atoms with Gasteiger partial charge in [0.1, 0.15) is 22.3 Å². The molecule has 0 bridgehead atoms. The number of halogens is 1. The van der Waals surface area contributed by atoms with E-state index in [2.05, 4.69) is 10.0 Å². The van der Waals surface area contributed by atoms with E-state index in [0.29, 0.717) is 6.54 Å². The molecule has 2 N–H and O–H groups in total. The first-order valence-corrected chi connectivity index (χ1v) is 7.85. The van der Waals surface area contributed by atoms with Gasteiger partial charge in [-0.25, -0.2) is 17.5 Å². The van der Waals surface area contributed by atoms with Gasteiger partial charge < -0.3 is 5.32 Å². The number of rotatable bonds is 7. The molecular formula is C13H16FN3O3S. The summed E-state index contributed by atoms with van der Waals surface area (Å²) in [5.74, 6) is -1.18. The van der Waals surface area contributed by atoms with E-state index < -0.39 is 26.3 Å². The maximum atomic E-state index is 13.4. The molecule has 0 radical (unpaired) electrons. The first kappa shape index (κ1) is 17.1. The van der Waals surface area contributed by atoms with Crippen LogP contribution in [0, 0.1) is 17.1 Å². The third-order valence-corrected chi connectivity index (χ3v) is 4.10. The molecule has 0 unspecified atom stereocenters. The molecule has 8 heteroatoms. The second kappa shape index (κ2) is 7.71. The van der Waals surface area contributed by atoms with Gasteiger partial charge >= 0.3 is 0 Å². The summed E-state index contributed by atoms with van der Waals surface area (Å²) in [4.78, 5) is 10.9. The van der Waals surface area contributed by atoms with Gasteiger partial charge in [-0.1, -0.05) is 13.0 Å². The Morgan fingerprint density at radius 3 is 2.71 bits per heavy atom. The second-order valence-electron chi connectivity index (χ2n) is 4.22. The highest BCUT2D eigenvalue weighted by molar-refractivity contribution is 7.89. The zero-order chi connectivity index (χ0) is 15.9. The van der Waals surface area contributed by atoms with Gasteiger partial charge in [0.05, 0.1) is 0 Å². The molecule has 21 heavy (non-hydrogen) atoms. The van der Waals surface area contributed by atoms with Crippen LogP contribution in [0.25, 0.3) is 0 Å². The maximum absolute atomic E-state index is 13.4. The number of hydrogen-bond acceptors (Lipinski definition) is 4. The van der Waals surface area contributed by atoms with Crippen LogP contribution >= 0.6 is 0 Å². The van der Waals surface area contributed by atoms with Gasteiger partial charge in [-0.15, -0.1) is 0 Å². The molecule has 0 aliphatic heterocycles. The Kier molecular flexibility index (Phi) is 6.27. The van der Waals surface area contributed by atoms with E-state index in [1.54, 1.807) is 0 Å². The number of carbonyl (C=O) groups is 1. The summed E-state index contributed by atoms with van der Waals surface area (Å²) in [6.45, 7) is 2.30. The molecule has 0 saturated carbocycles. The lowest BCUT2D eigenvalue weighted by molar-refractivity contribution is -0.120. The Hall–Kier alpha value is -1.98. The van der Waals surface area contributed by atoms with E-state index in [9.17, 15) is 17.6 Å². The van der Waals surface area contributed by atoms with Crippen molar-refractivity contribution in [3.63, 3.8) is 0 Å².